The third kappa shape index (κ3) is 2.45. The van der Waals surface area contributed by atoms with Crippen LogP contribution in [0, 0.1) is 6.92 Å². The van der Waals surface area contributed by atoms with Crippen molar-refractivity contribution in [2.24, 2.45) is 0 Å². The van der Waals surface area contributed by atoms with Gasteiger partial charge < -0.3 is 9.88 Å². The van der Waals surface area contributed by atoms with Crippen molar-refractivity contribution in [3.8, 4) is 0 Å². The Balaban J connectivity index is 2.13. The van der Waals surface area contributed by atoms with E-state index in [0.29, 0.717) is 5.39 Å². The topological polar surface area (TPSA) is 53.9 Å². The number of nitrogens with one attached hydrogen (secondary N) is 1. The van der Waals surface area contributed by atoms with E-state index in [2.05, 4.69) is 29.1 Å². The maximum atomic E-state index is 12.6. The first kappa shape index (κ1) is 13.8. The Kier molecular flexibility index (Phi) is 3.51. The molecular weight excluding hydrogens is 264 g/mol. The van der Waals surface area contributed by atoms with Crippen LogP contribution in [-0.4, -0.2) is 40.3 Å². The Labute approximate surface area is 123 Å². The summed E-state index contributed by atoms with van der Waals surface area (Å²) < 4.78 is 1.92. The minimum absolute atomic E-state index is 0.0655. The summed E-state index contributed by atoms with van der Waals surface area (Å²) in [6, 6.07) is 7.61. The fourth-order valence-electron chi connectivity index (χ4n) is 2.73. The van der Waals surface area contributed by atoms with E-state index in [-0.39, 0.29) is 5.43 Å². The Hall–Kier alpha value is -2.14. The number of rotatable bonds is 4. The number of benzene rings is 1. The quantitative estimate of drug-likeness (QED) is 0.798. The molecule has 0 saturated carbocycles. The van der Waals surface area contributed by atoms with Crippen LogP contribution >= 0.6 is 0 Å². The van der Waals surface area contributed by atoms with Gasteiger partial charge >= 0.3 is 0 Å². The molecule has 0 aliphatic carbocycles. The lowest BCUT2D eigenvalue weighted by Crippen LogP contribution is -2.15. The van der Waals surface area contributed by atoms with Gasteiger partial charge in [0.2, 0.25) is 5.43 Å². The molecule has 110 valence electrons. The van der Waals surface area contributed by atoms with Crippen LogP contribution in [-0.2, 0) is 6.54 Å². The molecule has 0 atom stereocenters. The molecule has 2 aromatic heterocycles. The molecule has 0 saturated heterocycles. The number of aromatic nitrogens is 3. The molecular formula is C16H20N4O. The molecule has 0 aliphatic heterocycles. The van der Waals surface area contributed by atoms with E-state index < -0.39 is 0 Å². The monoisotopic (exact) mass is 284 g/mol. The first-order chi connectivity index (χ1) is 10.1. The summed E-state index contributed by atoms with van der Waals surface area (Å²) in [6.45, 7) is 3.70. The fraction of sp³-hybridized carbons (Fsp3) is 0.375. The summed E-state index contributed by atoms with van der Waals surface area (Å²) in [5.41, 5.74) is 2.55. The maximum Gasteiger partial charge on any atom is 0.200 e. The summed E-state index contributed by atoms with van der Waals surface area (Å²) in [4.78, 5) is 18.1. The Morgan fingerprint density at radius 1 is 1.29 bits per heavy atom. The smallest absolute Gasteiger partial charge is 0.200 e. The molecule has 0 radical (unpaired) electrons. The Morgan fingerprint density at radius 3 is 2.81 bits per heavy atom. The Bertz CT molecular complexity index is 844. The van der Waals surface area contributed by atoms with Gasteiger partial charge in [-0.1, -0.05) is 12.1 Å². The lowest BCUT2D eigenvalue weighted by atomic mass is 10.1. The van der Waals surface area contributed by atoms with Crippen LogP contribution in [0.15, 0.2) is 29.1 Å². The highest BCUT2D eigenvalue weighted by Gasteiger charge is 2.13. The molecule has 2 heterocycles. The first-order valence-corrected chi connectivity index (χ1v) is 7.21. The highest BCUT2D eigenvalue weighted by Crippen LogP contribution is 2.17. The molecule has 5 nitrogen and oxygen atoms in total. The van der Waals surface area contributed by atoms with Crippen LogP contribution < -0.4 is 5.43 Å². The standard InChI is InChI=1S/C16H20N4O/c1-11-14-15(21)12-7-4-5-8-13(12)17-16(14)20(18-11)10-6-9-19(2)3/h4-5,7-8H,6,9-10H2,1-3H3,(H,17,21). The summed E-state index contributed by atoms with van der Waals surface area (Å²) in [5, 5.41) is 5.97. The van der Waals surface area contributed by atoms with Crippen molar-refractivity contribution in [1.29, 1.82) is 0 Å². The Morgan fingerprint density at radius 2 is 2.05 bits per heavy atom. The molecule has 0 spiro atoms. The number of nitrogens with zero attached hydrogens (tertiary/aromatic N) is 3. The summed E-state index contributed by atoms with van der Waals surface area (Å²) in [5.74, 6) is 0. The van der Waals surface area contributed by atoms with Gasteiger partial charge in [-0.2, -0.15) is 5.10 Å². The first-order valence-electron chi connectivity index (χ1n) is 7.21. The van der Waals surface area contributed by atoms with E-state index >= 15 is 0 Å². The average molecular weight is 284 g/mol. The van der Waals surface area contributed by atoms with Crippen molar-refractivity contribution in [1.82, 2.24) is 19.7 Å². The van der Waals surface area contributed by atoms with E-state index in [1.807, 2.05) is 35.9 Å². The van der Waals surface area contributed by atoms with Crippen LogP contribution in [0.4, 0.5) is 0 Å². The number of para-hydroxylation sites is 1. The lowest BCUT2D eigenvalue weighted by Gasteiger charge is -2.09. The van der Waals surface area contributed by atoms with Crippen molar-refractivity contribution in [2.75, 3.05) is 20.6 Å². The highest BCUT2D eigenvalue weighted by molar-refractivity contribution is 5.92. The van der Waals surface area contributed by atoms with Gasteiger partial charge in [-0.15, -0.1) is 0 Å². The zero-order valence-corrected chi connectivity index (χ0v) is 12.7. The average Bonchev–Trinajstić information content (AvgIpc) is 2.75. The molecule has 3 rings (SSSR count). The SMILES string of the molecule is Cc1nn(CCCN(C)C)c2[nH]c3ccccc3c(=O)c12. The molecule has 0 aliphatic rings. The third-order valence-electron chi connectivity index (χ3n) is 3.75. The van der Waals surface area contributed by atoms with Crippen molar-refractivity contribution < 1.29 is 0 Å². The molecule has 21 heavy (non-hydrogen) atoms. The van der Waals surface area contributed by atoms with Crippen molar-refractivity contribution in [3.05, 3.63) is 40.2 Å². The van der Waals surface area contributed by atoms with Crippen LogP contribution in [0.5, 0.6) is 0 Å². The van der Waals surface area contributed by atoms with Crippen LogP contribution in [0.1, 0.15) is 12.1 Å². The van der Waals surface area contributed by atoms with Crippen molar-refractivity contribution in [3.63, 3.8) is 0 Å². The largest absolute Gasteiger partial charge is 0.339 e. The third-order valence-corrected chi connectivity index (χ3v) is 3.75. The predicted octanol–water partition coefficient (Wildman–Crippen LogP) is 2.14. The van der Waals surface area contributed by atoms with Crippen molar-refractivity contribution in [2.45, 2.75) is 19.9 Å². The van der Waals surface area contributed by atoms with Crippen LogP contribution in [0.3, 0.4) is 0 Å². The number of fused-ring (bicyclic) bond motifs is 2. The van der Waals surface area contributed by atoms with Gasteiger partial charge in [0.1, 0.15) is 5.65 Å². The second kappa shape index (κ2) is 5.33. The van der Waals surface area contributed by atoms with Gasteiger partial charge in [0.25, 0.3) is 0 Å². The van der Waals surface area contributed by atoms with Gasteiger partial charge in [0.05, 0.1) is 16.6 Å². The fourth-order valence-corrected chi connectivity index (χ4v) is 2.73. The van der Waals surface area contributed by atoms with E-state index in [9.17, 15) is 4.79 Å². The molecule has 3 aromatic rings. The lowest BCUT2D eigenvalue weighted by molar-refractivity contribution is 0.382. The van der Waals surface area contributed by atoms with Gasteiger partial charge in [0.15, 0.2) is 0 Å². The summed E-state index contributed by atoms with van der Waals surface area (Å²) >= 11 is 0. The minimum Gasteiger partial charge on any atom is -0.339 e. The number of aryl methyl sites for hydroxylation is 2. The zero-order valence-electron chi connectivity index (χ0n) is 12.7. The number of hydrogen-bond donors (Lipinski definition) is 1. The number of hydrogen-bond acceptors (Lipinski definition) is 3. The van der Waals surface area contributed by atoms with E-state index in [0.717, 1.165) is 41.8 Å². The molecule has 0 unspecified atom stereocenters. The molecule has 0 amide bonds. The summed E-state index contributed by atoms with van der Waals surface area (Å²) in [6.07, 6.45) is 0.998. The second-order valence-corrected chi connectivity index (χ2v) is 5.69. The van der Waals surface area contributed by atoms with Crippen LogP contribution in [0.2, 0.25) is 0 Å². The molecule has 1 aromatic carbocycles. The number of pyridine rings is 1. The normalized spacial score (nSPS) is 11.8. The maximum absolute atomic E-state index is 12.6. The molecule has 0 bridgehead atoms. The van der Waals surface area contributed by atoms with Gasteiger partial charge in [-0.3, -0.25) is 4.79 Å². The van der Waals surface area contributed by atoms with E-state index in [1.54, 1.807) is 0 Å². The van der Waals surface area contributed by atoms with Gasteiger partial charge in [-0.25, -0.2) is 4.68 Å². The number of aromatic amines is 1. The predicted molar refractivity (Wildman–Crippen MR) is 85.8 cm³/mol. The summed E-state index contributed by atoms with van der Waals surface area (Å²) in [7, 11) is 4.11. The van der Waals surface area contributed by atoms with Gasteiger partial charge in [-0.05, 0) is 46.1 Å². The van der Waals surface area contributed by atoms with Gasteiger partial charge in [0, 0.05) is 11.9 Å². The van der Waals surface area contributed by atoms with Crippen molar-refractivity contribution >= 4 is 21.9 Å². The van der Waals surface area contributed by atoms with Crippen LogP contribution in [0.25, 0.3) is 21.9 Å². The second-order valence-electron chi connectivity index (χ2n) is 5.69. The molecule has 1 N–H and O–H groups in total. The number of H-pyrrole nitrogens is 1. The zero-order chi connectivity index (χ0) is 15.0. The minimum atomic E-state index is 0.0655. The van der Waals surface area contributed by atoms with E-state index in [4.69, 9.17) is 0 Å². The highest BCUT2D eigenvalue weighted by atomic mass is 16.1. The molecule has 5 heteroatoms. The van der Waals surface area contributed by atoms with E-state index in [1.165, 1.54) is 0 Å². The molecule has 0 fully saturated rings.